The first-order valence-corrected chi connectivity index (χ1v) is 12.0. The van der Waals surface area contributed by atoms with Gasteiger partial charge in [-0.1, -0.05) is 60.5 Å². The molecule has 0 bridgehead atoms. The minimum absolute atomic E-state index is 0.0636. The van der Waals surface area contributed by atoms with E-state index in [1.165, 1.54) is 6.42 Å². The lowest BCUT2D eigenvalue weighted by Crippen LogP contribution is -2.49. The Morgan fingerprint density at radius 1 is 1.18 bits per heavy atom. The molecule has 1 saturated heterocycles. The van der Waals surface area contributed by atoms with Gasteiger partial charge < -0.3 is 10.2 Å². The number of fused-ring (bicyclic) bond motifs is 2. The van der Waals surface area contributed by atoms with Gasteiger partial charge >= 0.3 is 6.03 Å². The van der Waals surface area contributed by atoms with E-state index in [0.29, 0.717) is 18.9 Å². The van der Waals surface area contributed by atoms with Crippen LogP contribution in [0.15, 0.2) is 48.5 Å². The molecule has 0 radical (unpaired) electrons. The molecule has 4 amide bonds. The molecule has 5 rings (SSSR count). The minimum atomic E-state index is -1.03. The molecule has 1 unspecified atom stereocenters. The van der Waals surface area contributed by atoms with Crippen LogP contribution in [0.3, 0.4) is 0 Å². The van der Waals surface area contributed by atoms with Gasteiger partial charge in [-0.25, -0.2) is 4.79 Å². The molecule has 2 atom stereocenters. The Bertz CT molecular complexity index is 1110. The van der Waals surface area contributed by atoms with Crippen molar-refractivity contribution >= 4 is 17.8 Å². The highest BCUT2D eigenvalue weighted by Crippen LogP contribution is 2.41. The molecule has 1 heterocycles. The zero-order valence-electron chi connectivity index (χ0n) is 19.3. The molecule has 2 aromatic rings. The fourth-order valence-corrected chi connectivity index (χ4v) is 5.60. The van der Waals surface area contributed by atoms with E-state index in [-0.39, 0.29) is 24.4 Å². The maximum absolute atomic E-state index is 13.6. The Hall–Kier alpha value is -3.15. The SMILES string of the molecule is Cc1cccc(CN(C(=O)CN2C(=O)NC3(CCc4ccccc43)C2=O)[C@@H](C)C2CCC2)c1. The summed E-state index contributed by atoms with van der Waals surface area (Å²) in [6.07, 6.45) is 4.69. The van der Waals surface area contributed by atoms with Gasteiger partial charge in [0.25, 0.3) is 5.91 Å². The van der Waals surface area contributed by atoms with Gasteiger partial charge in [0, 0.05) is 12.6 Å². The molecule has 172 valence electrons. The van der Waals surface area contributed by atoms with Crippen LogP contribution in [0.2, 0.25) is 0 Å². The average Bonchev–Trinajstić information content (AvgIpc) is 3.24. The van der Waals surface area contributed by atoms with E-state index in [2.05, 4.69) is 18.3 Å². The van der Waals surface area contributed by atoms with Crippen molar-refractivity contribution in [3.05, 3.63) is 70.8 Å². The lowest BCUT2D eigenvalue weighted by Gasteiger charge is -2.39. The average molecular weight is 446 g/mol. The first-order valence-electron chi connectivity index (χ1n) is 12.0. The van der Waals surface area contributed by atoms with Crippen molar-refractivity contribution < 1.29 is 14.4 Å². The number of carbonyl (C=O) groups excluding carboxylic acids is 3. The smallest absolute Gasteiger partial charge is 0.325 e. The summed E-state index contributed by atoms with van der Waals surface area (Å²) in [6.45, 7) is 4.39. The van der Waals surface area contributed by atoms with Crippen LogP contribution in [0.5, 0.6) is 0 Å². The van der Waals surface area contributed by atoms with Gasteiger partial charge in [0.1, 0.15) is 12.1 Å². The number of amides is 4. The van der Waals surface area contributed by atoms with E-state index < -0.39 is 11.6 Å². The number of aryl methyl sites for hydroxylation is 2. The van der Waals surface area contributed by atoms with Gasteiger partial charge in [-0.3, -0.25) is 14.5 Å². The van der Waals surface area contributed by atoms with Gasteiger partial charge in [-0.15, -0.1) is 0 Å². The van der Waals surface area contributed by atoms with Crippen LogP contribution in [0.1, 0.15) is 54.9 Å². The van der Waals surface area contributed by atoms with Crippen LogP contribution in [0.4, 0.5) is 4.79 Å². The third-order valence-electron chi connectivity index (χ3n) is 7.79. The maximum atomic E-state index is 13.6. The number of hydrogen-bond donors (Lipinski definition) is 1. The fourth-order valence-electron chi connectivity index (χ4n) is 5.60. The van der Waals surface area contributed by atoms with Crippen LogP contribution in [0.25, 0.3) is 0 Å². The standard InChI is InChI=1S/C27H31N3O3/c1-18-7-5-8-20(15-18)16-29(19(2)21-10-6-11-21)24(31)17-30-25(32)27(28-26(30)33)14-13-22-9-3-4-12-23(22)27/h3-5,7-9,12,15,19,21H,6,10-11,13-14,16-17H2,1-2H3,(H,28,33)/t19-,27?/m0/s1. The molecule has 6 heteroatoms. The molecule has 1 saturated carbocycles. The molecule has 1 aliphatic heterocycles. The summed E-state index contributed by atoms with van der Waals surface area (Å²) in [5, 5.41) is 2.93. The third-order valence-corrected chi connectivity index (χ3v) is 7.79. The van der Waals surface area contributed by atoms with Crippen molar-refractivity contribution in [3.8, 4) is 0 Å². The van der Waals surface area contributed by atoms with Crippen LogP contribution in [-0.2, 0) is 28.1 Å². The van der Waals surface area contributed by atoms with E-state index in [9.17, 15) is 14.4 Å². The Kier molecular flexibility index (Phi) is 5.47. The topological polar surface area (TPSA) is 69.7 Å². The molecule has 2 fully saturated rings. The number of nitrogens with one attached hydrogen (secondary N) is 1. The first kappa shape index (κ1) is 21.7. The second kappa shape index (κ2) is 8.32. The van der Waals surface area contributed by atoms with Crippen molar-refractivity contribution in [1.82, 2.24) is 15.1 Å². The second-order valence-corrected chi connectivity index (χ2v) is 9.83. The molecular formula is C27H31N3O3. The van der Waals surface area contributed by atoms with Gasteiger partial charge in [-0.05, 0) is 62.1 Å². The maximum Gasteiger partial charge on any atom is 0.325 e. The predicted octanol–water partition coefficient (Wildman–Crippen LogP) is 3.91. The van der Waals surface area contributed by atoms with E-state index >= 15 is 0 Å². The number of benzene rings is 2. The van der Waals surface area contributed by atoms with Gasteiger partial charge in [0.15, 0.2) is 0 Å². The van der Waals surface area contributed by atoms with Gasteiger partial charge in [0.05, 0.1) is 0 Å². The number of rotatable bonds is 6. The van der Waals surface area contributed by atoms with Crippen molar-refractivity contribution in [2.75, 3.05) is 6.54 Å². The second-order valence-electron chi connectivity index (χ2n) is 9.83. The lowest BCUT2D eigenvalue weighted by molar-refractivity contribution is -0.142. The highest BCUT2D eigenvalue weighted by atomic mass is 16.2. The molecule has 1 spiro atoms. The van der Waals surface area contributed by atoms with Crippen LogP contribution in [-0.4, -0.2) is 40.2 Å². The van der Waals surface area contributed by atoms with Crippen LogP contribution in [0, 0.1) is 12.8 Å². The van der Waals surface area contributed by atoms with E-state index in [1.54, 1.807) is 0 Å². The number of carbonyl (C=O) groups is 3. The normalized spacial score (nSPS) is 22.8. The Balaban J connectivity index is 1.38. The Labute approximate surface area is 194 Å². The van der Waals surface area contributed by atoms with Crippen molar-refractivity contribution in [2.24, 2.45) is 5.92 Å². The summed E-state index contributed by atoms with van der Waals surface area (Å²) in [6, 6.07) is 15.5. The zero-order valence-corrected chi connectivity index (χ0v) is 19.3. The number of nitrogens with zero attached hydrogens (tertiary/aromatic N) is 2. The highest BCUT2D eigenvalue weighted by molar-refractivity contribution is 6.09. The largest absolute Gasteiger partial charge is 0.334 e. The monoisotopic (exact) mass is 445 g/mol. The Morgan fingerprint density at radius 3 is 2.70 bits per heavy atom. The quantitative estimate of drug-likeness (QED) is 0.686. The first-order chi connectivity index (χ1) is 15.9. The van der Waals surface area contributed by atoms with E-state index in [4.69, 9.17) is 0 Å². The van der Waals surface area contributed by atoms with Crippen molar-refractivity contribution in [2.45, 2.75) is 64.1 Å². The Morgan fingerprint density at radius 2 is 1.97 bits per heavy atom. The van der Waals surface area contributed by atoms with Crippen molar-refractivity contribution in [3.63, 3.8) is 0 Å². The van der Waals surface area contributed by atoms with Crippen molar-refractivity contribution in [1.29, 1.82) is 0 Å². The molecular weight excluding hydrogens is 414 g/mol. The molecule has 2 aromatic carbocycles. The summed E-state index contributed by atoms with van der Waals surface area (Å²) in [5.74, 6) is -0.0183. The number of imide groups is 1. The van der Waals surface area contributed by atoms with Crippen LogP contribution < -0.4 is 5.32 Å². The van der Waals surface area contributed by atoms with E-state index in [1.807, 2.05) is 54.3 Å². The van der Waals surface area contributed by atoms with Crippen LogP contribution >= 0.6 is 0 Å². The molecule has 2 aliphatic carbocycles. The summed E-state index contributed by atoms with van der Waals surface area (Å²) < 4.78 is 0. The summed E-state index contributed by atoms with van der Waals surface area (Å²) in [4.78, 5) is 43.0. The fraction of sp³-hybridized carbons (Fsp3) is 0.444. The van der Waals surface area contributed by atoms with Gasteiger partial charge in [0.2, 0.25) is 5.91 Å². The summed E-state index contributed by atoms with van der Waals surface area (Å²) in [5.41, 5.74) is 3.12. The van der Waals surface area contributed by atoms with E-state index in [0.717, 1.165) is 46.4 Å². The molecule has 0 aromatic heterocycles. The number of urea groups is 1. The highest BCUT2D eigenvalue weighted by Gasteiger charge is 2.55. The predicted molar refractivity (Wildman–Crippen MR) is 125 cm³/mol. The lowest BCUT2D eigenvalue weighted by atomic mass is 9.79. The molecule has 1 N–H and O–H groups in total. The molecule has 3 aliphatic rings. The summed E-state index contributed by atoms with van der Waals surface area (Å²) in [7, 11) is 0. The third kappa shape index (κ3) is 3.71. The number of hydrogen-bond acceptors (Lipinski definition) is 3. The minimum Gasteiger partial charge on any atom is -0.334 e. The summed E-state index contributed by atoms with van der Waals surface area (Å²) >= 11 is 0. The zero-order chi connectivity index (χ0) is 23.2. The van der Waals surface area contributed by atoms with Gasteiger partial charge in [-0.2, -0.15) is 0 Å². The molecule has 6 nitrogen and oxygen atoms in total. The molecule has 33 heavy (non-hydrogen) atoms.